The molecule has 7 nitrogen and oxygen atoms in total. The van der Waals surface area contributed by atoms with Gasteiger partial charge in [0.2, 0.25) is 0 Å². The van der Waals surface area contributed by atoms with Crippen molar-refractivity contribution < 1.29 is 19.1 Å². The molecule has 8 heteroatoms. The highest BCUT2D eigenvalue weighted by Gasteiger charge is 2.38. The Hall–Kier alpha value is -2.28. The molecule has 0 bridgehead atoms. The number of anilines is 1. The number of hydrogen-bond acceptors (Lipinski definition) is 4. The molecule has 2 aliphatic rings. The summed E-state index contributed by atoms with van der Waals surface area (Å²) in [6.07, 6.45) is 0.517. The highest BCUT2D eigenvalue weighted by atomic mass is 35.5. The highest BCUT2D eigenvalue weighted by molar-refractivity contribution is 6.30. The van der Waals surface area contributed by atoms with Crippen LogP contribution in [-0.2, 0) is 9.53 Å². The molecule has 0 unspecified atom stereocenters. The fourth-order valence-corrected chi connectivity index (χ4v) is 2.91. The SMILES string of the molecule is O=C(Nc1ccc(Cl)cc1)N1CCC(N2C(=O)COC2=O)CC1. The monoisotopic (exact) mass is 337 g/mol. The molecule has 1 N–H and O–H groups in total. The van der Waals surface area contributed by atoms with E-state index in [1.54, 1.807) is 29.2 Å². The van der Waals surface area contributed by atoms with Gasteiger partial charge in [-0.25, -0.2) is 14.5 Å². The first kappa shape index (κ1) is 15.6. The number of urea groups is 1. The normalized spacial score (nSPS) is 19.0. The molecule has 4 amide bonds. The van der Waals surface area contributed by atoms with Gasteiger partial charge in [0.1, 0.15) is 0 Å². The molecule has 0 radical (unpaired) electrons. The fraction of sp³-hybridized carbons (Fsp3) is 0.400. The lowest BCUT2D eigenvalue weighted by atomic mass is 10.0. The largest absolute Gasteiger partial charge is 0.439 e. The van der Waals surface area contributed by atoms with Gasteiger partial charge in [-0.15, -0.1) is 0 Å². The number of benzene rings is 1. The zero-order chi connectivity index (χ0) is 16.4. The predicted octanol–water partition coefficient (Wildman–Crippen LogP) is 2.32. The van der Waals surface area contributed by atoms with E-state index >= 15 is 0 Å². The van der Waals surface area contributed by atoms with E-state index < -0.39 is 6.09 Å². The number of nitrogens with one attached hydrogen (secondary N) is 1. The number of carbonyl (C=O) groups excluding carboxylic acids is 3. The number of nitrogens with zero attached hydrogens (tertiary/aromatic N) is 2. The third-order valence-electron chi connectivity index (χ3n) is 4.00. The van der Waals surface area contributed by atoms with Gasteiger partial charge in [0.15, 0.2) is 6.61 Å². The average molecular weight is 338 g/mol. The lowest BCUT2D eigenvalue weighted by Gasteiger charge is -2.34. The van der Waals surface area contributed by atoms with Crippen LogP contribution in [0, 0.1) is 0 Å². The quantitative estimate of drug-likeness (QED) is 0.898. The third-order valence-corrected chi connectivity index (χ3v) is 4.25. The maximum atomic E-state index is 12.2. The second-order valence-corrected chi connectivity index (χ2v) is 5.91. The molecule has 122 valence electrons. The molecule has 1 aromatic carbocycles. The van der Waals surface area contributed by atoms with Crippen LogP contribution in [0.2, 0.25) is 5.02 Å². The van der Waals surface area contributed by atoms with Gasteiger partial charge in [0.05, 0.1) is 0 Å². The Morgan fingerprint density at radius 1 is 1.17 bits per heavy atom. The van der Waals surface area contributed by atoms with Gasteiger partial charge in [-0.3, -0.25) is 4.79 Å². The molecule has 23 heavy (non-hydrogen) atoms. The van der Waals surface area contributed by atoms with Crippen molar-refractivity contribution in [2.75, 3.05) is 25.0 Å². The Labute approximate surface area is 138 Å². The second kappa shape index (κ2) is 6.45. The Balaban J connectivity index is 1.54. The number of hydrogen-bond donors (Lipinski definition) is 1. The minimum Gasteiger partial charge on any atom is -0.439 e. The zero-order valence-corrected chi connectivity index (χ0v) is 13.1. The van der Waals surface area contributed by atoms with E-state index in [1.165, 1.54) is 4.90 Å². The number of rotatable bonds is 2. The smallest absolute Gasteiger partial charge is 0.417 e. The van der Waals surface area contributed by atoms with Crippen molar-refractivity contribution >= 4 is 35.3 Å². The second-order valence-electron chi connectivity index (χ2n) is 5.47. The molecule has 0 aliphatic carbocycles. The molecule has 2 heterocycles. The molecule has 2 fully saturated rings. The Kier molecular flexibility index (Phi) is 4.38. The van der Waals surface area contributed by atoms with Gasteiger partial charge >= 0.3 is 12.1 Å². The first-order valence-corrected chi connectivity index (χ1v) is 7.73. The first-order chi connectivity index (χ1) is 11.0. The third kappa shape index (κ3) is 3.39. The molecule has 2 saturated heterocycles. The standard InChI is InChI=1S/C15H16ClN3O4/c16-10-1-3-11(4-2-10)17-14(21)18-7-5-12(6-8-18)19-13(20)9-23-15(19)22/h1-4,12H,5-9H2,(H,17,21). The van der Waals surface area contributed by atoms with Crippen LogP contribution in [0.15, 0.2) is 24.3 Å². The van der Waals surface area contributed by atoms with E-state index in [0.717, 1.165) is 0 Å². The number of likely N-dealkylation sites (tertiary alicyclic amines) is 1. The van der Waals surface area contributed by atoms with Crippen molar-refractivity contribution in [2.24, 2.45) is 0 Å². The lowest BCUT2D eigenvalue weighted by molar-refractivity contribution is -0.127. The summed E-state index contributed by atoms with van der Waals surface area (Å²) >= 11 is 5.81. The number of halogens is 1. The summed E-state index contributed by atoms with van der Waals surface area (Å²) in [5, 5.41) is 3.40. The number of carbonyl (C=O) groups is 3. The van der Waals surface area contributed by atoms with Crippen molar-refractivity contribution in [1.29, 1.82) is 0 Å². The fourth-order valence-electron chi connectivity index (χ4n) is 2.78. The van der Waals surface area contributed by atoms with Crippen molar-refractivity contribution in [2.45, 2.75) is 18.9 Å². The first-order valence-electron chi connectivity index (χ1n) is 7.35. The summed E-state index contributed by atoms with van der Waals surface area (Å²) in [6.45, 7) is 0.762. The summed E-state index contributed by atoms with van der Waals surface area (Å²) in [4.78, 5) is 38.2. The van der Waals surface area contributed by atoms with Gasteiger partial charge in [-0.1, -0.05) is 11.6 Å². The molecule has 0 saturated carbocycles. The van der Waals surface area contributed by atoms with Crippen LogP contribution >= 0.6 is 11.6 Å². The van der Waals surface area contributed by atoms with Crippen LogP contribution in [0.5, 0.6) is 0 Å². The maximum Gasteiger partial charge on any atom is 0.417 e. The van der Waals surface area contributed by atoms with Gasteiger partial charge in [-0.05, 0) is 37.1 Å². The van der Waals surface area contributed by atoms with Gasteiger partial charge in [0.25, 0.3) is 5.91 Å². The van der Waals surface area contributed by atoms with Crippen molar-refractivity contribution in [3.63, 3.8) is 0 Å². The van der Waals surface area contributed by atoms with Crippen LogP contribution in [-0.4, -0.2) is 53.6 Å². The summed E-state index contributed by atoms with van der Waals surface area (Å²) in [5.74, 6) is -0.306. The van der Waals surface area contributed by atoms with E-state index in [1.807, 2.05) is 0 Å². The van der Waals surface area contributed by atoms with Crippen LogP contribution in [0.1, 0.15) is 12.8 Å². The van der Waals surface area contributed by atoms with Crippen molar-refractivity contribution in [3.05, 3.63) is 29.3 Å². The van der Waals surface area contributed by atoms with E-state index in [2.05, 4.69) is 5.32 Å². The predicted molar refractivity (Wildman–Crippen MR) is 83.3 cm³/mol. The van der Waals surface area contributed by atoms with Gasteiger partial charge < -0.3 is 15.0 Å². The Morgan fingerprint density at radius 2 is 1.83 bits per heavy atom. The van der Waals surface area contributed by atoms with E-state index in [0.29, 0.717) is 36.6 Å². The van der Waals surface area contributed by atoms with Gasteiger partial charge in [-0.2, -0.15) is 0 Å². The molecule has 0 atom stereocenters. The molecule has 3 rings (SSSR count). The zero-order valence-electron chi connectivity index (χ0n) is 12.3. The molecular formula is C15H16ClN3O4. The highest BCUT2D eigenvalue weighted by Crippen LogP contribution is 2.21. The summed E-state index contributed by atoms with van der Waals surface area (Å²) in [7, 11) is 0. The summed E-state index contributed by atoms with van der Waals surface area (Å²) in [5.41, 5.74) is 0.667. The number of piperidine rings is 1. The van der Waals surface area contributed by atoms with E-state index in [9.17, 15) is 14.4 Å². The molecule has 0 spiro atoms. The summed E-state index contributed by atoms with van der Waals surface area (Å²) in [6, 6.07) is 6.46. The van der Waals surface area contributed by atoms with Crippen molar-refractivity contribution in [1.82, 2.24) is 9.80 Å². The number of cyclic esters (lactones) is 1. The van der Waals surface area contributed by atoms with Gasteiger partial charge in [0, 0.05) is 29.8 Å². The van der Waals surface area contributed by atoms with E-state index in [4.69, 9.17) is 16.3 Å². The number of imide groups is 1. The lowest BCUT2D eigenvalue weighted by Crippen LogP contribution is -2.49. The minimum atomic E-state index is -0.584. The van der Waals surface area contributed by atoms with E-state index in [-0.39, 0.29) is 24.6 Å². The van der Waals surface area contributed by atoms with Crippen molar-refractivity contribution in [3.8, 4) is 0 Å². The Bertz CT molecular complexity index is 610. The van der Waals surface area contributed by atoms with Crippen LogP contribution in [0.4, 0.5) is 15.3 Å². The number of amides is 4. The minimum absolute atomic E-state index is 0.184. The topological polar surface area (TPSA) is 79.0 Å². The molecular weight excluding hydrogens is 322 g/mol. The molecule has 0 aromatic heterocycles. The average Bonchev–Trinajstić information content (AvgIpc) is 2.88. The van der Waals surface area contributed by atoms with Crippen LogP contribution in [0.25, 0.3) is 0 Å². The maximum absolute atomic E-state index is 12.2. The van der Waals surface area contributed by atoms with Crippen LogP contribution < -0.4 is 5.32 Å². The number of ether oxygens (including phenoxy) is 1. The molecule has 1 aromatic rings. The van der Waals surface area contributed by atoms with Crippen LogP contribution in [0.3, 0.4) is 0 Å². The summed E-state index contributed by atoms with van der Waals surface area (Å²) < 4.78 is 4.73. The molecule has 2 aliphatic heterocycles. The Morgan fingerprint density at radius 3 is 2.39 bits per heavy atom.